The summed E-state index contributed by atoms with van der Waals surface area (Å²) in [6.07, 6.45) is 3.03. The molecule has 1 saturated carbocycles. The van der Waals surface area contributed by atoms with E-state index in [0.29, 0.717) is 12.3 Å². The number of carboxylic acids is 1. The fraction of sp³-hybridized carbons (Fsp3) is 0.786. The smallest absolute Gasteiger partial charge is 0.408 e. The summed E-state index contributed by atoms with van der Waals surface area (Å²) in [5.41, 5.74) is -0.586. The van der Waals surface area contributed by atoms with Crippen molar-refractivity contribution in [1.29, 1.82) is 0 Å². The molecule has 3 unspecified atom stereocenters. The van der Waals surface area contributed by atoms with Gasteiger partial charge < -0.3 is 20.0 Å². The summed E-state index contributed by atoms with van der Waals surface area (Å²) in [6.45, 7) is 5.22. The highest BCUT2D eigenvalue weighted by atomic mass is 16.6. The summed E-state index contributed by atoms with van der Waals surface area (Å²) in [7, 11) is 0. The van der Waals surface area contributed by atoms with E-state index in [1.54, 1.807) is 20.8 Å². The van der Waals surface area contributed by atoms with Crippen LogP contribution in [0.3, 0.4) is 0 Å². The number of nitrogens with one attached hydrogen (secondary N) is 1. The minimum atomic E-state index is -1.08. The van der Waals surface area contributed by atoms with E-state index in [1.807, 2.05) is 0 Å². The van der Waals surface area contributed by atoms with Gasteiger partial charge in [-0.1, -0.05) is 20.8 Å². The number of amides is 1. The van der Waals surface area contributed by atoms with Gasteiger partial charge in [0, 0.05) is 6.42 Å². The van der Waals surface area contributed by atoms with Crippen molar-refractivity contribution in [3.63, 3.8) is 0 Å². The summed E-state index contributed by atoms with van der Waals surface area (Å²) in [5, 5.41) is 11.5. The Bertz CT molecular complexity index is 374. The summed E-state index contributed by atoms with van der Waals surface area (Å²) in [4.78, 5) is 33.0. The van der Waals surface area contributed by atoms with E-state index >= 15 is 0 Å². The lowest BCUT2D eigenvalue weighted by molar-refractivity contribution is -0.142. The van der Waals surface area contributed by atoms with Crippen LogP contribution in [-0.4, -0.2) is 35.6 Å². The minimum Gasteiger partial charge on any atom is -0.480 e. The Morgan fingerprint density at radius 1 is 1.45 bits per heavy atom. The summed E-state index contributed by atoms with van der Waals surface area (Å²) >= 11 is 0. The molecule has 0 heterocycles. The number of ether oxygens (including phenoxy) is 1. The quantitative estimate of drug-likeness (QED) is 0.551. The molecule has 0 aromatic heterocycles. The molecule has 114 valence electrons. The van der Waals surface area contributed by atoms with E-state index in [1.165, 1.54) is 0 Å². The molecule has 3 atom stereocenters. The number of hydrogen-bond acceptors (Lipinski definition) is 4. The van der Waals surface area contributed by atoms with Crippen LogP contribution in [0.25, 0.3) is 0 Å². The SMILES string of the molecule is CC(C)(C)C(NC(=O)OC1CC1CCCC=O)C(=O)O. The predicted molar refractivity (Wildman–Crippen MR) is 72.3 cm³/mol. The molecule has 1 aliphatic rings. The van der Waals surface area contributed by atoms with Crippen LogP contribution in [0.2, 0.25) is 0 Å². The van der Waals surface area contributed by atoms with Gasteiger partial charge in [0.05, 0.1) is 0 Å². The normalized spacial score (nSPS) is 22.8. The van der Waals surface area contributed by atoms with E-state index in [9.17, 15) is 14.4 Å². The molecule has 1 aliphatic carbocycles. The van der Waals surface area contributed by atoms with Crippen molar-refractivity contribution in [2.24, 2.45) is 11.3 Å². The lowest BCUT2D eigenvalue weighted by atomic mass is 9.87. The van der Waals surface area contributed by atoms with Crippen molar-refractivity contribution in [2.75, 3.05) is 0 Å². The highest BCUT2D eigenvalue weighted by Gasteiger charge is 2.41. The van der Waals surface area contributed by atoms with E-state index < -0.39 is 23.5 Å². The zero-order chi connectivity index (χ0) is 15.3. The van der Waals surface area contributed by atoms with Gasteiger partial charge in [-0.3, -0.25) is 0 Å². The molecule has 0 aromatic rings. The van der Waals surface area contributed by atoms with Crippen molar-refractivity contribution < 1.29 is 24.2 Å². The van der Waals surface area contributed by atoms with Gasteiger partial charge in [-0.25, -0.2) is 9.59 Å². The Morgan fingerprint density at radius 2 is 2.10 bits per heavy atom. The summed E-state index contributed by atoms with van der Waals surface area (Å²) in [6, 6.07) is -0.984. The van der Waals surface area contributed by atoms with Crippen LogP contribution in [-0.2, 0) is 14.3 Å². The third-order valence-corrected chi connectivity index (χ3v) is 3.39. The molecule has 1 amide bonds. The minimum absolute atomic E-state index is 0.143. The molecule has 0 saturated heterocycles. The molecule has 0 radical (unpaired) electrons. The highest BCUT2D eigenvalue weighted by molar-refractivity contribution is 5.80. The Kier molecular flexibility index (Phi) is 5.53. The highest BCUT2D eigenvalue weighted by Crippen LogP contribution is 2.38. The fourth-order valence-corrected chi connectivity index (χ4v) is 2.07. The van der Waals surface area contributed by atoms with Gasteiger partial charge in [-0.05, 0) is 30.6 Å². The second kappa shape index (κ2) is 6.72. The molecule has 0 spiro atoms. The maximum absolute atomic E-state index is 11.7. The molecule has 0 bridgehead atoms. The lowest BCUT2D eigenvalue weighted by Crippen LogP contribution is -2.49. The third kappa shape index (κ3) is 5.19. The lowest BCUT2D eigenvalue weighted by Gasteiger charge is -2.27. The van der Waals surface area contributed by atoms with Crippen LogP contribution in [0.1, 0.15) is 46.5 Å². The first-order chi connectivity index (χ1) is 9.25. The van der Waals surface area contributed by atoms with Gasteiger partial charge in [0.25, 0.3) is 0 Å². The van der Waals surface area contributed by atoms with Gasteiger partial charge in [-0.15, -0.1) is 0 Å². The Hall–Kier alpha value is -1.59. The number of aliphatic carboxylic acids is 1. The molecule has 6 nitrogen and oxygen atoms in total. The standard InChI is InChI=1S/C14H23NO5/c1-14(2,3)11(12(17)18)15-13(19)20-10-8-9(10)6-4-5-7-16/h7,9-11H,4-6,8H2,1-3H3,(H,15,19)(H,17,18). The first-order valence-electron chi connectivity index (χ1n) is 6.89. The molecule has 0 aliphatic heterocycles. The van der Waals surface area contributed by atoms with E-state index in [4.69, 9.17) is 9.84 Å². The maximum Gasteiger partial charge on any atom is 0.408 e. The van der Waals surface area contributed by atoms with E-state index in [0.717, 1.165) is 25.5 Å². The average Bonchev–Trinajstić information content (AvgIpc) is 3.03. The molecule has 0 aromatic carbocycles. The number of rotatable bonds is 7. The molecular formula is C14H23NO5. The average molecular weight is 285 g/mol. The van der Waals surface area contributed by atoms with Gasteiger partial charge in [0.1, 0.15) is 18.4 Å². The third-order valence-electron chi connectivity index (χ3n) is 3.39. The fourth-order valence-electron chi connectivity index (χ4n) is 2.07. The zero-order valence-corrected chi connectivity index (χ0v) is 12.2. The van der Waals surface area contributed by atoms with Crippen LogP contribution < -0.4 is 5.32 Å². The molecule has 2 N–H and O–H groups in total. The van der Waals surface area contributed by atoms with Gasteiger partial charge in [-0.2, -0.15) is 0 Å². The van der Waals surface area contributed by atoms with Crippen LogP contribution in [0, 0.1) is 11.3 Å². The molecule has 1 fully saturated rings. The molecular weight excluding hydrogens is 262 g/mol. The first-order valence-corrected chi connectivity index (χ1v) is 6.89. The second-order valence-corrected chi connectivity index (χ2v) is 6.32. The Balaban J connectivity index is 2.34. The predicted octanol–water partition coefficient (Wildman–Crippen LogP) is 1.97. The van der Waals surface area contributed by atoms with Crippen molar-refractivity contribution in [2.45, 2.75) is 58.6 Å². The van der Waals surface area contributed by atoms with Gasteiger partial charge in [0.15, 0.2) is 0 Å². The van der Waals surface area contributed by atoms with Crippen LogP contribution in [0.4, 0.5) is 4.79 Å². The topological polar surface area (TPSA) is 92.7 Å². The number of aldehydes is 1. The number of carboxylic acid groups (broad SMARTS) is 1. The molecule has 20 heavy (non-hydrogen) atoms. The van der Waals surface area contributed by atoms with Crippen LogP contribution in [0.15, 0.2) is 0 Å². The monoisotopic (exact) mass is 285 g/mol. The van der Waals surface area contributed by atoms with Gasteiger partial charge >= 0.3 is 12.1 Å². The number of unbranched alkanes of at least 4 members (excludes halogenated alkanes) is 1. The Labute approximate surface area is 118 Å². The first kappa shape index (κ1) is 16.5. The van der Waals surface area contributed by atoms with E-state index in [2.05, 4.69) is 5.32 Å². The molecule has 6 heteroatoms. The number of alkyl carbamates (subject to hydrolysis) is 1. The molecule has 1 rings (SSSR count). The summed E-state index contributed by atoms with van der Waals surface area (Å²) < 4.78 is 5.18. The summed E-state index contributed by atoms with van der Waals surface area (Å²) in [5.74, 6) is -0.772. The van der Waals surface area contributed by atoms with Crippen molar-refractivity contribution >= 4 is 18.3 Å². The number of carbonyl (C=O) groups excluding carboxylic acids is 2. The van der Waals surface area contributed by atoms with Crippen LogP contribution in [0.5, 0.6) is 0 Å². The van der Waals surface area contributed by atoms with E-state index in [-0.39, 0.29) is 6.10 Å². The van der Waals surface area contributed by atoms with Crippen molar-refractivity contribution in [1.82, 2.24) is 5.32 Å². The Morgan fingerprint density at radius 3 is 2.60 bits per heavy atom. The van der Waals surface area contributed by atoms with Crippen molar-refractivity contribution in [3.8, 4) is 0 Å². The second-order valence-electron chi connectivity index (χ2n) is 6.32. The van der Waals surface area contributed by atoms with Crippen molar-refractivity contribution in [3.05, 3.63) is 0 Å². The largest absolute Gasteiger partial charge is 0.480 e. The zero-order valence-electron chi connectivity index (χ0n) is 12.2. The number of hydrogen-bond donors (Lipinski definition) is 2. The van der Waals surface area contributed by atoms with Gasteiger partial charge in [0.2, 0.25) is 0 Å². The maximum atomic E-state index is 11.7. The number of carbonyl (C=O) groups is 3. The van der Waals surface area contributed by atoms with Crippen LogP contribution >= 0.6 is 0 Å².